The summed E-state index contributed by atoms with van der Waals surface area (Å²) in [5.41, 5.74) is 1.71. The van der Waals surface area contributed by atoms with Crippen molar-refractivity contribution in [3.8, 4) is 11.5 Å². The first-order valence-corrected chi connectivity index (χ1v) is 15.1. The highest BCUT2D eigenvalue weighted by Crippen LogP contribution is 2.41. The Morgan fingerprint density at radius 2 is 1.76 bits per heavy atom. The van der Waals surface area contributed by atoms with Crippen molar-refractivity contribution in [1.82, 2.24) is 0 Å². The summed E-state index contributed by atoms with van der Waals surface area (Å²) in [5.74, 6) is -0.586. The molecule has 3 aromatic rings. The predicted molar refractivity (Wildman–Crippen MR) is 171 cm³/mol. The first-order chi connectivity index (χ1) is 19.7. The molecule has 0 aromatic heterocycles. The molecular formula is C30H24Cl2INO6S. The summed E-state index contributed by atoms with van der Waals surface area (Å²) in [5, 5.41) is 12.0. The van der Waals surface area contributed by atoms with E-state index in [1.165, 1.54) is 0 Å². The Morgan fingerprint density at radius 1 is 1.00 bits per heavy atom. The standard InChI is InChI=1S/C30H24Cl2INO6S/c1-3-38-23-14-18(13-22(33)27(23)40-16-17-10-11-20(31)21(32)12-17)15-24-26(35)25(30(37)39-4-2)29(41-24)34-28(36)19-8-6-5-7-9-19/h5-15,35H,3-4,16H2,1-2H3/b24-15-,34-29?. The smallest absolute Gasteiger partial charge is 0.344 e. The van der Waals surface area contributed by atoms with Crippen molar-refractivity contribution < 1.29 is 28.9 Å². The normalized spacial score (nSPS) is 15.0. The van der Waals surface area contributed by atoms with Gasteiger partial charge in [-0.2, -0.15) is 0 Å². The van der Waals surface area contributed by atoms with Crippen LogP contribution in [-0.2, 0) is 16.1 Å². The van der Waals surface area contributed by atoms with E-state index in [1.807, 2.05) is 19.1 Å². The van der Waals surface area contributed by atoms with Gasteiger partial charge in [-0.3, -0.25) is 4.79 Å². The van der Waals surface area contributed by atoms with Gasteiger partial charge in [-0.1, -0.05) is 59.2 Å². The molecule has 7 nitrogen and oxygen atoms in total. The zero-order chi connectivity index (χ0) is 29.5. The lowest BCUT2D eigenvalue weighted by molar-refractivity contribution is -0.138. The minimum atomic E-state index is -0.767. The van der Waals surface area contributed by atoms with Crippen LogP contribution in [0, 0.1) is 3.57 Å². The van der Waals surface area contributed by atoms with Crippen molar-refractivity contribution in [2.45, 2.75) is 20.5 Å². The number of nitrogens with zero attached hydrogens (tertiary/aromatic N) is 1. The second kappa shape index (κ2) is 14.3. The molecule has 41 heavy (non-hydrogen) atoms. The van der Waals surface area contributed by atoms with Gasteiger partial charge in [-0.15, -0.1) is 0 Å². The highest BCUT2D eigenvalue weighted by molar-refractivity contribution is 14.1. The third-order valence-electron chi connectivity index (χ3n) is 5.59. The Hall–Kier alpha value is -2.99. The minimum Gasteiger partial charge on any atom is -0.506 e. The van der Waals surface area contributed by atoms with E-state index in [1.54, 1.807) is 61.5 Å². The van der Waals surface area contributed by atoms with E-state index in [9.17, 15) is 14.7 Å². The summed E-state index contributed by atoms with van der Waals surface area (Å²) >= 11 is 15.3. The van der Waals surface area contributed by atoms with E-state index in [0.29, 0.717) is 44.2 Å². The number of aliphatic imine (C=N–C) groups is 1. The van der Waals surface area contributed by atoms with Crippen molar-refractivity contribution in [3.63, 3.8) is 0 Å². The maximum Gasteiger partial charge on any atom is 0.344 e. The quantitative estimate of drug-likeness (QED) is 0.175. The van der Waals surface area contributed by atoms with Crippen molar-refractivity contribution in [2.24, 2.45) is 4.99 Å². The largest absolute Gasteiger partial charge is 0.506 e. The summed E-state index contributed by atoms with van der Waals surface area (Å²) in [4.78, 5) is 30.0. The Balaban J connectivity index is 1.67. The topological polar surface area (TPSA) is 94.4 Å². The van der Waals surface area contributed by atoms with Gasteiger partial charge < -0.3 is 19.3 Å². The number of aliphatic hydroxyl groups is 1. The Bertz CT molecular complexity index is 1570. The monoisotopic (exact) mass is 723 g/mol. The highest BCUT2D eigenvalue weighted by Gasteiger charge is 2.34. The maximum atomic E-state index is 12.8. The summed E-state index contributed by atoms with van der Waals surface area (Å²) in [6, 6.07) is 17.4. The van der Waals surface area contributed by atoms with Gasteiger partial charge in [0.2, 0.25) is 0 Å². The molecule has 1 heterocycles. The molecule has 0 saturated carbocycles. The van der Waals surface area contributed by atoms with Gasteiger partial charge in [0.15, 0.2) is 11.5 Å². The molecule has 3 aromatic carbocycles. The van der Waals surface area contributed by atoms with Crippen molar-refractivity contribution in [2.75, 3.05) is 13.2 Å². The molecule has 0 aliphatic carbocycles. The number of ether oxygens (including phenoxy) is 3. The second-order valence-corrected chi connectivity index (χ2v) is 11.5. The Kier molecular flexibility index (Phi) is 10.8. The van der Waals surface area contributed by atoms with Crippen molar-refractivity contribution >= 4 is 80.6 Å². The number of halogens is 3. The van der Waals surface area contributed by atoms with E-state index < -0.39 is 11.9 Å². The number of amides is 1. The highest BCUT2D eigenvalue weighted by atomic mass is 127. The molecule has 0 spiro atoms. The predicted octanol–water partition coefficient (Wildman–Crippen LogP) is 8.28. The molecule has 0 radical (unpaired) electrons. The number of rotatable bonds is 9. The molecule has 212 valence electrons. The summed E-state index contributed by atoms with van der Waals surface area (Å²) < 4.78 is 17.8. The summed E-state index contributed by atoms with van der Waals surface area (Å²) in [7, 11) is 0. The fourth-order valence-electron chi connectivity index (χ4n) is 3.74. The van der Waals surface area contributed by atoms with Gasteiger partial charge in [-0.05, 0) is 90.0 Å². The van der Waals surface area contributed by atoms with Crippen molar-refractivity contribution in [1.29, 1.82) is 0 Å². The third-order valence-corrected chi connectivity index (χ3v) is 8.15. The zero-order valence-electron chi connectivity index (χ0n) is 21.9. The number of benzene rings is 3. The van der Waals surface area contributed by atoms with E-state index in [2.05, 4.69) is 27.6 Å². The average molecular weight is 724 g/mol. The molecule has 0 unspecified atom stereocenters. The summed E-state index contributed by atoms with van der Waals surface area (Å²) in [6.07, 6.45) is 1.68. The minimum absolute atomic E-state index is 0.0577. The molecular weight excluding hydrogens is 700 g/mol. The van der Waals surface area contributed by atoms with Gasteiger partial charge in [0.25, 0.3) is 5.91 Å². The van der Waals surface area contributed by atoms with Crippen LogP contribution in [0.15, 0.2) is 81.9 Å². The molecule has 1 aliphatic heterocycles. The molecule has 1 N–H and O–H groups in total. The molecule has 4 rings (SSSR count). The molecule has 11 heteroatoms. The first kappa shape index (κ1) is 31.0. The maximum absolute atomic E-state index is 12.8. The van der Waals surface area contributed by atoms with Crippen molar-refractivity contribution in [3.05, 3.63) is 107 Å². The molecule has 0 saturated heterocycles. The van der Waals surface area contributed by atoms with Crippen LogP contribution in [0.1, 0.15) is 35.3 Å². The molecule has 1 amide bonds. The lowest BCUT2D eigenvalue weighted by atomic mass is 10.1. The zero-order valence-corrected chi connectivity index (χ0v) is 26.4. The fraction of sp³-hybridized carbons (Fsp3) is 0.167. The van der Waals surface area contributed by atoms with Gasteiger partial charge >= 0.3 is 5.97 Å². The van der Waals surface area contributed by atoms with Crippen LogP contribution >= 0.6 is 57.6 Å². The number of hydrogen-bond acceptors (Lipinski definition) is 7. The number of hydrogen-bond donors (Lipinski definition) is 1. The Labute approximate surface area is 265 Å². The van der Waals surface area contributed by atoms with Crippen LogP contribution in [0.3, 0.4) is 0 Å². The van der Waals surface area contributed by atoms with Crippen LogP contribution in [0.2, 0.25) is 10.0 Å². The average Bonchev–Trinajstić information content (AvgIpc) is 3.24. The molecule has 1 aliphatic rings. The van der Waals surface area contributed by atoms with Gasteiger partial charge in [0.05, 0.1) is 31.7 Å². The second-order valence-electron chi connectivity index (χ2n) is 8.44. The number of aliphatic hydroxyl groups excluding tert-OH is 1. The lowest BCUT2D eigenvalue weighted by Gasteiger charge is -2.15. The van der Waals surface area contributed by atoms with E-state index >= 15 is 0 Å². The number of esters is 1. The molecule has 0 atom stereocenters. The number of carbonyl (C=O) groups excluding carboxylic acids is 2. The van der Waals surface area contributed by atoms with Gasteiger partial charge in [0, 0.05) is 5.56 Å². The fourth-order valence-corrected chi connectivity index (χ4v) is 5.85. The molecule has 0 fully saturated rings. The van der Waals surface area contributed by atoms with Gasteiger partial charge in [0.1, 0.15) is 23.0 Å². The molecule has 0 bridgehead atoms. The first-order valence-electron chi connectivity index (χ1n) is 12.4. The lowest BCUT2D eigenvalue weighted by Crippen LogP contribution is -2.14. The van der Waals surface area contributed by atoms with E-state index in [-0.39, 0.29) is 29.6 Å². The van der Waals surface area contributed by atoms with Crippen LogP contribution in [0.4, 0.5) is 0 Å². The SMILES string of the molecule is CCOC(=O)C1=C(O)/C(=C/c2cc(I)c(OCc3ccc(Cl)c(Cl)c3)c(OCC)c2)SC1=NC(=O)c1ccccc1. The van der Waals surface area contributed by atoms with Crippen LogP contribution in [-0.4, -0.2) is 35.2 Å². The van der Waals surface area contributed by atoms with Crippen LogP contribution in [0.25, 0.3) is 6.08 Å². The van der Waals surface area contributed by atoms with E-state index in [4.69, 9.17) is 37.4 Å². The van der Waals surface area contributed by atoms with E-state index in [0.717, 1.165) is 20.9 Å². The Morgan fingerprint density at radius 3 is 2.44 bits per heavy atom. The van der Waals surface area contributed by atoms with Gasteiger partial charge in [-0.25, -0.2) is 9.79 Å². The van der Waals surface area contributed by atoms with Crippen LogP contribution in [0.5, 0.6) is 11.5 Å². The number of thioether (sulfide) groups is 1. The third kappa shape index (κ3) is 7.65. The summed E-state index contributed by atoms with van der Waals surface area (Å²) in [6.45, 7) is 4.25. The van der Waals surface area contributed by atoms with Crippen LogP contribution < -0.4 is 9.47 Å². The number of carbonyl (C=O) groups is 2.